The lowest BCUT2D eigenvalue weighted by molar-refractivity contribution is 0.590. The lowest BCUT2D eigenvalue weighted by Gasteiger charge is -2.28. The van der Waals surface area contributed by atoms with Crippen LogP contribution in [0.1, 0.15) is 104 Å². The van der Waals surface area contributed by atoms with Crippen molar-refractivity contribution < 1.29 is 0 Å². The summed E-state index contributed by atoms with van der Waals surface area (Å²) in [5, 5.41) is 2.62. The number of fused-ring (bicyclic) bond motifs is 6. The predicted octanol–water partition coefficient (Wildman–Crippen LogP) is 16.1. The molecule has 0 atom stereocenters. The zero-order chi connectivity index (χ0) is 41.6. The van der Waals surface area contributed by atoms with Gasteiger partial charge in [-0.3, -0.25) is 0 Å². The maximum absolute atomic E-state index is 2.44. The second-order valence-corrected chi connectivity index (χ2v) is 20.4. The first-order valence-electron chi connectivity index (χ1n) is 21.3. The van der Waals surface area contributed by atoms with Crippen LogP contribution in [-0.4, -0.2) is 4.57 Å². The highest BCUT2D eigenvalue weighted by atomic mass is 15.1. The summed E-state index contributed by atoms with van der Waals surface area (Å²) in [5.41, 5.74) is 19.1. The standard InChI is InChI=1S/C57H58N2/c1-54(2,3)39-20-28-43(29-21-39)58(45-30-31-51-47(36-45)46-14-12-13-15-50(46)57(51,10)11)42-24-16-37(17-25-42)38-18-26-44(27-19-38)59-52-32-22-40(55(4,5)6)34-48(52)49-35-41(56(7,8)9)23-33-53(49)59/h12-36H,1-11H3. The smallest absolute Gasteiger partial charge is 0.0541 e. The molecule has 9 rings (SSSR count). The molecule has 0 aliphatic heterocycles. The van der Waals surface area contributed by atoms with Gasteiger partial charge in [0.15, 0.2) is 0 Å². The van der Waals surface area contributed by atoms with Crippen LogP contribution in [0, 0.1) is 0 Å². The van der Waals surface area contributed by atoms with Crippen molar-refractivity contribution in [2.24, 2.45) is 0 Å². The summed E-state index contributed by atoms with van der Waals surface area (Å²) in [6.45, 7) is 25.3. The van der Waals surface area contributed by atoms with Crippen molar-refractivity contribution in [1.82, 2.24) is 4.57 Å². The summed E-state index contributed by atoms with van der Waals surface area (Å²) in [7, 11) is 0. The molecule has 0 amide bonds. The Bertz CT molecular complexity index is 2790. The van der Waals surface area contributed by atoms with E-state index < -0.39 is 0 Å². The van der Waals surface area contributed by atoms with Gasteiger partial charge in [-0.25, -0.2) is 0 Å². The monoisotopic (exact) mass is 770 g/mol. The number of hydrogen-bond donors (Lipinski definition) is 0. The van der Waals surface area contributed by atoms with E-state index in [9.17, 15) is 0 Å². The van der Waals surface area contributed by atoms with Gasteiger partial charge in [-0.2, -0.15) is 0 Å². The molecular formula is C57H58N2. The van der Waals surface area contributed by atoms with Gasteiger partial charge in [-0.05, 0) is 139 Å². The van der Waals surface area contributed by atoms with E-state index in [1.54, 1.807) is 0 Å². The lowest BCUT2D eigenvalue weighted by atomic mass is 9.82. The molecule has 8 aromatic rings. The van der Waals surface area contributed by atoms with Crippen LogP contribution in [0.2, 0.25) is 0 Å². The number of aromatic nitrogens is 1. The molecule has 2 nitrogen and oxygen atoms in total. The molecule has 2 heteroatoms. The Hall–Kier alpha value is -5.86. The SMILES string of the molecule is CC(C)(C)c1ccc(N(c2ccc(-c3ccc(-n4c5ccc(C(C)(C)C)cc5c5cc(C(C)(C)C)ccc54)cc3)cc2)c2ccc3c(c2)-c2ccccc2C3(C)C)cc1. The maximum Gasteiger partial charge on any atom is 0.0541 e. The molecule has 0 radical (unpaired) electrons. The lowest BCUT2D eigenvalue weighted by Crippen LogP contribution is -2.15. The molecule has 0 saturated heterocycles. The highest BCUT2D eigenvalue weighted by Crippen LogP contribution is 2.51. The van der Waals surface area contributed by atoms with E-state index in [4.69, 9.17) is 0 Å². The minimum absolute atomic E-state index is 0.0338. The maximum atomic E-state index is 2.44. The minimum Gasteiger partial charge on any atom is -0.310 e. The average Bonchev–Trinajstić information content (AvgIpc) is 3.65. The van der Waals surface area contributed by atoms with Crippen molar-refractivity contribution in [1.29, 1.82) is 0 Å². The van der Waals surface area contributed by atoms with Crippen LogP contribution in [0.15, 0.2) is 152 Å². The second kappa shape index (κ2) is 13.6. The molecule has 7 aromatic carbocycles. The summed E-state index contributed by atoms with van der Waals surface area (Å²) in [6.07, 6.45) is 0. The zero-order valence-corrected chi connectivity index (χ0v) is 36.8. The fourth-order valence-electron chi connectivity index (χ4n) is 9.25. The quantitative estimate of drug-likeness (QED) is 0.169. The van der Waals surface area contributed by atoms with Crippen molar-refractivity contribution in [3.63, 3.8) is 0 Å². The Morgan fingerprint density at radius 3 is 1.37 bits per heavy atom. The van der Waals surface area contributed by atoms with E-state index >= 15 is 0 Å². The Morgan fingerprint density at radius 2 is 0.847 bits per heavy atom. The predicted molar refractivity (Wildman–Crippen MR) is 255 cm³/mol. The third kappa shape index (κ3) is 6.67. The number of hydrogen-bond acceptors (Lipinski definition) is 1. The van der Waals surface area contributed by atoms with E-state index in [1.807, 2.05) is 0 Å². The fraction of sp³-hybridized carbons (Fsp3) is 0.263. The van der Waals surface area contributed by atoms with Gasteiger partial charge >= 0.3 is 0 Å². The number of nitrogens with zero attached hydrogens (tertiary/aromatic N) is 2. The summed E-state index contributed by atoms with van der Waals surface area (Å²) >= 11 is 0. The fourth-order valence-corrected chi connectivity index (χ4v) is 9.25. The van der Waals surface area contributed by atoms with Crippen molar-refractivity contribution in [2.75, 3.05) is 4.90 Å². The normalized spacial score (nSPS) is 13.8. The summed E-state index contributed by atoms with van der Waals surface area (Å²) in [6, 6.07) is 57.4. The van der Waals surface area contributed by atoms with Crippen LogP contribution in [0.25, 0.3) is 49.7 Å². The van der Waals surface area contributed by atoms with Gasteiger partial charge in [0.25, 0.3) is 0 Å². The highest BCUT2D eigenvalue weighted by molar-refractivity contribution is 6.10. The largest absolute Gasteiger partial charge is 0.310 e. The average molecular weight is 771 g/mol. The molecule has 296 valence electrons. The van der Waals surface area contributed by atoms with Gasteiger partial charge in [-0.1, -0.05) is 155 Å². The first-order valence-corrected chi connectivity index (χ1v) is 21.3. The molecule has 0 fully saturated rings. The van der Waals surface area contributed by atoms with Gasteiger partial charge in [0.2, 0.25) is 0 Å². The molecule has 0 bridgehead atoms. The molecule has 0 saturated carbocycles. The van der Waals surface area contributed by atoms with Crippen LogP contribution in [0.3, 0.4) is 0 Å². The van der Waals surface area contributed by atoms with E-state index in [-0.39, 0.29) is 21.7 Å². The van der Waals surface area contributed by atoms with Gasteiger partial charge < -0.3 is 9.47 Å². The van der Waals surface area contributed by atoms with Crippen LogP contribution >= 0.6 is 0 Å². The number of rotatable bonds is 5. The van der Waals surface area contributed by atoms with Crippen LogP contribution in [-0.2, 0) is 21.7 Å². The number of benzene rings is 7. The second-order valence-electron chi connectivity index (χ2n) is 20.4. The molecule has 0 N–H and O–H groups in total. The Kier molecular flexibility index (Phi) is 8.91. The topological polar surface area (TPSA) is 8.17 Å². The summed E-state index contributed by atoms with van der Waals surface area (Å²) in [5.74, 6) is 0. The zero-order valence-electron chi connectivity index (χ0n) is 36.8. The van der Waals surface area contributed by atoms with Gasteiger partial charge in [0.05, 0.1) is 11.0 Å². The molecule has 0 spiro atoms. The van der Waals surface area contributed by atoms with E-state index in [0.29, 0.717) is 0 Å². The van der Waals surface area contributed by atoms with E-state index in [0.717, 1.165) is 17.1 Å². The molecular weight excluding hydrogens is 713 g/mol. The number of anilines is 3. The molecule has 1 aliphatic rings. The Balaban J connectivity index is 1.09. The van der Waals surface area contributed by atoms with E-state index in [2.05, 4.69) is 237 Å². The van der Waals surface area contributed by atoms with Crippen molar-refractivity contribution in [3.8, 4) is 27.9 Å². The first-order chi connectivity index (χ1) is 27.9. The van der Waals surface area contributed by atoms with Crippen LogP contribution in [0.5, 0.6) is 0 Å². The molecule has 59 heavy (non-hydrogen) atoms. The molecule has 0 unspecified atom stereocenters. The van der Waals surface area contributed by atoms with Gasteiger partial charge in [0.1, 0.15) is 0 Å². The third-order valence-corrected chi connectivity index (χ3v) is 12.9. The van der Waals surface area contributed by atoms with Crippen molar-refractivity contribution in [2.45, 2.75) is 97.8 Å². The summed E-state index contributed by atoms with van der Waals surface area (Å²) < 4.78 is 2.44. The van der Waals surface area contributed by atoms with E-state index in [1.165, 1.54) is 77.6 Å². The highest BCUT2D eigenvalue weighted by Gasteiger charge is 2.35. The van der Waals surface area contributed by atoms with Crippen LogP contribution in [0.4, 0.5) is 17.1 Å². The van der Waals surface area contributed by atoms with Crippen LogP contribution < -0.4 is 4.90 Å². The van der Waals surface area contributed by atoms with Gasteiger partial charge in [0, 0.05) is 38.9 Å². The van der Waals surface area contributed by atoms with Crippen molar-refractivity contribution >= 4 is 38.9 Å². The molecule has 1 heterocycles. The Morgan fingerprint density at radius 1 is 0.407 bits per heavy atom. The Labute approximate surface area is 352 Å². The molecule has 1 aromatic heterocycles. The third-order valence-electron chi connectivity index (χ3n) is 12.9. The summed E-state index contributed by atoms with van der Waals surface area (Å²) in [4.78, 5) is 2.41. The first kappa shape index (κ1) is 38.6. The molecule has 1 aliphatic carbocycles. The minimum atomic E-state index is -0.0338. The van der Waals surface area contributed by atoms with Crippen molar-refractivity contribution in [3.05, 3.63) is 179 Å². The van der Waals surface area contributed by atoms with Gasteiger partial charge in [-0.15, -0.1) is 0 Å².